The Hall–Kier alpha value is -2.34. The third-order valence-electron chi connectivity index (χ3n) is 2.87. The van der Waals surface area contributed by atoms with Crippen molar-refractivity contribution in [1.82, 2.24) is 0 Å². The maximum Gasteiger partial charge on any atom is 0.387 e. The van der Waals surface area contributed by atoms with E-state index in [-0.39, 0.29) is 17.4 Å². The maximum absolute atomic E-state index is 12.5. The molecule has 24 heavy (non-hydrogen) atoms. The van der Waals surface area contributed by atoms with Gasteiger partial charge in [-0.15, -0.1) is 0 Å². The average Bonchev–Trinajstić information content (AvgIpc) is 2.48. The van der Waals surface area contributed by atoms with Crippen molar-refractivity contribution in [3.05, 3.63) is 53.1 Å². The molecule has 7 heteroatoms. The van der Waals surface area contributed by atoms with Gasteiger partial charge < -0.3 is 14.8 Å². The molecule has 1 N–H and O–H groups in total. The molecule has 128 valence electrons. The Morgan fingerprint density at radius 1 is 1.12 bits per heavy atom. The minimum absolute atomic E-state index is 0.0486. The lowest BCUT2D eigenvalue weighted by Gasteiger charge is -2.15. The van der Waals surface area contributed by atoms with Gasteiger partial charge >= 0.3 is 6.61 Å². The van der Waals surface area contributed by atoms with E-state index in [2.05, 4.69) is 10.1 Å². The van der Waals surface area contributed by atoms with Gasteiger partial charge in [0.25, 0.3) is 5.91 Å². The summed E-state index contributed by atoms with van der Waals surface area (Å²) in [5, 5.41) is 2.99. The molecule has 0 aliphatic rings. The molecule has 0 saturated heterocycles. The number of rotatable bonds is 6. The third kappa shape index (κ3) is 5.09. The first-order chi connectivity index (χ1) is 11.3. The fraction of sp³-hybridized carbons (Fsp3) is 0.235. The van der Waals surface area contributed by atoms with Crippen LogP contribution in [0, 0.1) is 0 Å². The van der Waals surface area contributed by atoms with E-state index in [1.54, 1.807) is 18.2 Å². The second kappa shape index (κ2) is 7.97. The zero-order valence-electron chi connectivity index (χ0n) is 13.1. The van der Waals surface area contributed by atoms with Crippen LogP contribution in [-0.4, -0.2) is 18.6 Å². The number of alkyl halides is 2. The number of anilines is 1. The van der Waals surface area contributed by atoms with Gasteiger partial charge in [-0.05, 0) is 44.2 Å². The SMILES string of the molecule is CC(C)Oc1ccc(Cl)cc1C(=O)Nc1cccc(OC(F)F)c1. The summed E-state index contributed by atoms with van der Waals surface area (Å²) >= 11 is 5.94. The topological polar surface area (TPSA) is 47.6 Å². The summed E-state index contributed by atoms with van der Waals surface area (Å²) in [6.07, 6.45) is -0.125. The maximum atomic E-state index is 12.5. The van der Waals surface area contributed by atoms with Crippen LogP contribution in [0.1, 0.15) is 24.2 Å². The Kier molecular flexibility index (Phi) is 5.98. The predicted octanol–water partition coefficient (Wildman–Crippen LogP) is 4.98. The fourth-order valence-electron chi connectivity index (χ4n) is 1.98. The Morgan fingerprint density at radius 2 is 1.88 bits per heavy atom. The monoisotopic (exact) mass is 355 g/mol. The summed E-state index contributed by atoms with van der Waals surface area (Å²) in [6.45, 7) is 0.734. The van der Waals surface area contributed by atoms with Gasteiger partial charge in [0.1, 0.15) is 11.5 Å². The largest absolute Gasteiger partial charge is 0.490 e. The summed E-state index contributed by atoms with van der Waals surface area (Å²) in [7, 11) is 0. The minimum atomic E-state index is -2.94. The van der Waals surface area contributed by atoms with Gasteiger partial charge in [0.2, 0.25) is 0 Å². The highest BCUT2D eigenvalue weighted by Gasteiger charge is 2.15. The van der Waals surface area contributed by atoms with Crippen LogP contribution in [-0.2, 0) is 0 Å². The van der Waals surface area contributed by atoms with E-state index in [0.29, 0.717) is 16.5 Å². The fourth-order valence-corrected chi connectivity index (χ4v) is 2.16. The lowest BCUT2D eigenvalue weighted by Crippen LogP contribution is -2.16. The van der Waals surface area contributed by atoms with Gasteiger partial charge in [0.05, 0.1) is 11.7 Å². The number of ether oxygens (including phenoxy) is 2. The van der Waals surface area contributed by atoms with Crippen molar-refractivity contribution in [2.45, 2.75) is 26.6 Å². The van der Waals surface area contributed by atoms with Gasteiger partial charge in [-0.3, -0.25) is 4.79 Å². The molecule has 0 unspecified atom stereocenters. The molecule has 2 rings (SSSR count). The summed E-state index contributed by atoms with van der Waals surface area (Å²) in [5.41, 5.74) is 0.560. The summed E-state index contributed by atoms with van der Waals surface area (Å²) in [5.74, 6) is -0.137. The van der Waals surface area contributed by atoms with Crippen LogP contribution in [0.3, 0.4) is 0 Å². The lowest BCUT2D eigenvalue weighted by atomic mass is 10.1. The minimum Gasteiger partial charge on any atom is -0.490 e. The van der Waals surface area contributed by atoms with Crippen LogP contribution < -0.4 is 14.8 Å². The molecule has 0 aromatic heterocycles. The molecule has 0 bridgehead atoms. The van der Waals surface area contributed by atoms with Gasteiger partial charge in [-0.25, -0.2) is 0 Å². The molecule has 0 heterocycles. The van der Waals surface area contributed by atoms with Crippen molar-refractivity contribution >= 4 is 23.2 Å². The Bertz CT molecular complexity index is 723. The Balaban J connectivity index is 2.22. The van der Waals surface area contributed by atoms with Crippen molar-refractivity contribution < 1.29 is 23.0 Å². The zero-order valence-corrected chi connectivity index (χ0v) is 13.8. The number of carbonyl (C=O) groups excluding carboxylic acids is 1. The molecule has 0 spiro atoms. The van der Waals surface area contributed by atoms with Crippen molar-refractivity contribution in [1.29, 1.82) is 0 Å². The average molecular weight is 356 g/mol. The summed E-state index contributed by atoms with van der Waals surface area (Å²) in [4.78, 5) is 12.5. The number of hydrogen-bond donors (Lipinski definition) is 1. The molecule has 0 aliphatic carbocycles. The first-order valence-corrected chi connectivity index (χ1v) is 7.55. The molecule has 0 fully saturated rings. The molecule has 0 aliphatic heterocycles. The molecule has 0 saturated carbocycles. The van der Waals surface area contributed by atoms with E-state index in [0.717, 1.165) is 0 Å². The van der Waals surface area contributed by atoms with Crippen LogP contribution in [0.2, 0.25) is 5.02 Å². The molecule has 1 amide bonds. The first kappa shape index (κ1) is 18.0. The molecule has 2 aromatic rings. The normalized spacial score (nSPS) is 10.8. The molecule has 4 nitrogen and oxygen atoms in total. The van der Waals surface area contributed by atoms with Crippen LogP contribution in [0.5, 0.6) is 11.5 Å². The first-order valence-electron chi connectivity index (χ1n) is 7.17. The van der Waals surface area contributed by atoms with Gasteiger partial charge in [0, 0.05) is 16.8 Å². The van der Waals surface area contributed by atoms with E-state index in [1.807, 2.05) is 13.8 Å². The van der Waals surface area contributed by atoms with Gasteiger partial charge in [-0.1, -0.05) is 17.7 Å². The highest BCUT2D eigenvalue weighted by molar-refractivity contribution is 6.31. The summed E-state index contributed by atoms with van der Waals surface area (Å²) in [6, 6.07) is 10.4. The number of carbonyl (C=O) groups is 1. The third-order valence-corrected chi connectivity index (χ3v) is 3.10. The predicted molar refractivity (Wildman–Crippen MR) is 88.2 cm³/mol. The van der Waals surface area contributed by atoms with E-state index in [4.69, 9.17) is 16.3 Å². The number of hydrogen-bond acceptors (Lipinski definition) is 3. The zero-order chi connectivity index (χ0) is 17.7. The number of amides is 1. The van der Waals surface area contributed by atoms with Crippen LogP contribution in [0.15, 0.2) is 42.5 Å². The quantitative estimate of drug-likeness (QED) is 0.794. The van der Waals surface area contributed by atoms with E-state index >= 15 is 0 Å². The molecule has 0 radical (unpaired) electrons. The van der Waals surface area contributed by atoms with Crippen LogP contribution in [0.4, 0.5) is 14.5 Å². The number of benzene rings is 2. The number of halogens is 3. The van der Waals surface area contributed by atoms with E-state index < -0.39 is 12.5 Å². The van der Waals surface area contributed by atoms with Crippen LogP contribution >= 0.6 is 11.6 Å². The molecular weight excluding hydrogens is 340 g/mol. The summed E-state index contributed by atoms with van der Waals surface area (Å²) < 4.78 is 34.4. The van der Waals surface area contributed by atoms with E-state index in [9.17, 15) is 13.6 Å². The lowest BCUT2D eigenvalue weighted by molar-refractivity contribution is -0.0497. The van der Waals surface area contributed by atoms with E-state index in [1.165, 1.54) is 24.3 Å². The second-order valence-corrected chi connectivity index (χ2v) is 5.60. The molecule has 0 atom stereocenters. The van der Waals surface area contributed by atoms with Gasteiger partial charge in [-0.2, -0.15) is 8.78 Å². The van der Waals surface area contributed by atoms with Crippen molar-refractivity contribution in [2.75, 3.05) is 5.32 Å². The smallest absolute Gasteiger partial charge is 0.387 e. The molecule has 2 aromatic carbocycles. The standard InChI is InChI=1S/C17H16ClF2NO3/c1-10(2)23-15-7-6-11(18)8-14(15)16(22)21-12-4-3-5-13(9-12)24-17(19)20/h3-10,17H,1-2H3,(H,21,22). The van der Waals surface area contributed by atoms with Crippen LogP contribution in [0.25, 0.3) is 0 Å². The Morgan fingerprint density at radius 3 is 2.54 bits per heavy atom. The molecular formula is C17H16ClF2NO3. The van der Waals surface area contributed by atoms with Crippen molar-refractivity contribution in [3.8, 4) is 11.5 Å². The van der Waals surface area contributed by atoms with Crippen molar-refractivity contribution in [2.24, 2.45) is 0 Å². The van der Waals surface area contributed by atoms with Crippen molar-refractivity contribution in [3.63, 3.8) is 0 Å². The highest BCUT2D eigenvalue weighted by Crippen LogP contribution is 2.26. The second-order valence-electron chi connectivity index (χ2n) is 5.17. The Labute approximate surface area is 143 Å². The van der Waals surface area contributed by atoms with Gasteiger partial charge in [0.15, 0.2) is 0 Å². The number of nitrogens with one attached hydrogen (secondary N) is 1. The highest BCUT2D eigenvalue weighted by atomic mass is 35.5.